The highest BCUT2D eigenvalue weighted by molar-refractivity contribution is 7.84. The van der Waals surface area contributed by atoms with Crippen LogP contribution in [0.1, 0.15) is 18.4 Å². The SMILES string of the molecule is NS(=O)(=O)OC[C@@H]1C[C@@H](Oc2cc(NCc3cccc4ccccc34)ncn2)C[C@@H]1O. The number of ether oxygens (including phenoxy) is 1. The molecule has 0 radical (unpaired) electrons. The number of hydrogen-bond acceptors (Lipinski definition) is 8. The molecule has 1 heterocycles. The Balaban J connectivity index is 1.36. The maximum atomic E-state index is 11.0. The number of rotatable bonds is 8. The minimum atomic E-state index is -4.04. The highest BCUT2D eigenvalue weighted by Crippen LogP contribution is 2.30. The molecule has 2 aromatic carbocycles. The van der Waals surface area contributed by atoms with Gasteiger partial charge in [0.25, 0.3) is 0 Å². The average Bonchev–Trinajstić information content (AvgIpc) is 3.09. The Morgan fingerprint density at radius 3 is 2.77 bits per heavy atom. The lowest BCUT2D eigenvalue weighted by atomic mass is 10.0. The molecule has 164 valence electrons. The van der Waals surface area contributed by atoms with E-state index in [1.807, 2.05) is 18.2 Å². The number of aromatic nitrogens is 2. The Morgan fingerprint density at radius 1 is 1.13 bits per heavy atom. The molecular formula is C21H24N4O5S. The van der Waals surface area contributed by atoms with Gasteiger partial charge >= 0.3 is 10.3 Å². The van der Waals surface area contributed by atoms with Gasteiger partial charge in [0.15, 0.2) is 0 Å². The van der Waals surface area contributed by atoms with Crippen molar-refractivity contribution in [3.63, 3.8) is 0 Å². The second-order valence-corrected chi connectivity index (χ2v) is 8.77. The second kappa shape index (κ2) is 9.15. The lowest BCUT2D eigenvalue weighted by molar-refractivity contribution is 0.0986. The Hall–Kier alpha value is -2.79. The fourth-order valence-electron chi connectivity index (χ4n) is 3.81. The number of nitrogens with one attached hydrogen (secondary N) is 1. The first-order chi connectivity index (χ1) is 14.9. The highest BCUT2D eigenvalue weighted by Gasteiger charge is 2.35. The normalized spacial score (nSPS) is 21.3. The average molecular weight is 445 g/mol. The summed E-state index contributed by atoms with van der Waals surface area (Å²) < 4.78 is 32.4. The van der Waals surface area contributed by atoms with Gasteiger partial charge in [-0.2, -0.15) is 8.42 Å². The molecule has 0 unspecified atom stereocenters. The third kappa shape index (κ3) is 5.67. The van der Waals surface area contributed by atoms with E-state index in [9.17, 15) is 13.5 Å². The maximum Gasteiger partial charge on any atom is 0.333 e. The summed E-state index contributed by atoms with van der Waals surface area (Å²) in [5.74, 6) is 0.611. The molecule has 0 bridgehead atoms. The standard InChI is InChI=1S/C21H24N4O5S/c22-31(27,28)29-12-16-8-17(9-19(16)26)30-21-10-20(24-13-25-21)23-11-15-6-3-5-14-4-1-2-7-18(14)15/h1-7,10,13,16-17,19,26H,8-9,11-12H2,(H2,22,27,28)(H,23,24,25)/t16-,17+,19-/m0/s1. The minimum Gasteiger partial charge on any atom is -0.474 e. The van der Waals surface area contributed by atoms with Crippen molar-refractivity contribution in [2.75, 3.05) is 11.9 Å². The van der Waals surface area contributed by atoms with Gasteiger partial charge in [0.2, 0.25) is 5.88 Å². The van der Waals surface area contributed by atoms with Crippen LogP contribution >= 0.6 is 0 Å². The summed E-state index contributed by atoms with van der Waals surface area (Å²) in [5.41, 5.74) is 1.15. The first-order valence-corrected chi connectivity index (χ1v) is 11.4. The second-order valence-electron chi connectivity index (χ2n) is 7.55. The number of aliphatic hydroxyl groups is 1. The zero-order chi connectivity index (χ0) is 21.8. The maximum absolute atomic E-state index is 11.0. The summed E-state index contributed by atoms with van der Waals surface area (Å²) in [4.78, 5) is 8.38. The summed E-state index contributed by atoms with van der Waals surface area (Å²) in [7, 11) is -4.04. The van der Waals surface area contributed by atoms with Crippen LogP contribution in [0.25, 0.3) is 10.8 Å². The number of nitrogens with two attached hydrogens (primary N) is 1. The number of fused-ring (bicyclic) bond motifs is 1. The minimum absolute atomic E-state index is 0.179. The van der Waals surface area contributed by atoms with Crippen LogP contribution in [0.2, 0.25) is 0 Å². The van der Waals surface area contributed by atoms with E-state index in [-0.39, 0.29) is 18.6 Å². The predicted octanol–water partition coefficient (Wildman–Crippen LogP) is 1.98. The van der Waals surface area contributed by atoms with Gasteiger partial charge in [-0.15, -0.1) is 0 Å². The van der Waals surface area contributed by atoms with E-state index in [4.69, 9.17) is 9.88 Å². The van der Waals surface area contributed by atoms with Crippen molar-refractivity contribution in [3.8, 4) is 5.88 Å². The van der Waals surface area contributed by atoms with Crippen molar-refractivity contribution in [2.45, 2.75) is 31.6 Å². The third-order valence-corrected chi connectivity index (χ3v) is 5.79. The molecule has 4 rings (SSSR count). The molecule has 0 amide bonds. The smallest absolute Gasteiger partial charge is 0.333 e. The van der Waals surface area contributed by atoms with Crippen LogP contribution in [0.5, 0.6) is 5.88 Å². The van der Waals surface area contributed by atoms with Gasteiger partial charge in [0, 0.05) is 24.9 Å². The topological polar surface area (TPSA) is 137 Å². The lowest BCUT2D eigenvalue weighted by Gasteiger charge is -2.14. The number of hydrogen-bond donors (Lipinski definition) is 3. The monoisotopic (exact) mass is 444 g/mol. The molecular weight excluding hydrogens is 420 g/mol. The van der Waals surface area contributed by atoms with E-state index in [0.29, 0.717) is 31.1 Å². The van der Waals surface area contributed by atoms with E-state index >= 15 is 0 Å². The van der Waals surface area contributed by atoms with Crippen molar-refractivity contribution in [1.82, 2.24) is 9.97 Å². The number of anilines is 1. The fourth-order valence-corrected chi connectivity index (χ4v) is 4.18. The Kier molecular flexibility index (Phi) is 6.33. The van der Waals surface area contributed by atoms with E-state index < -0.39 is 16.4 Å². The van der Waals surface area contributed by atoms with Crippen molar-refractivity contribution >= 4 is 26.9 Å². The Morgan fingerprint density at radius 2 is 1.94 bits per heavy atom. The van der Waals surface area contributed by atoms with Crippen LogP contribution < -0.4 is 15.2 Å². The van der Waals surface area contributed by atoms with Crippen LogP contribution in [0.3, 0.4) is 0 Å². The molecule has 9 nitrogen and oxygen atoms in total. The molecule has 4 N–H and O–H groups in total. The molecule has 1 aliphatic carbocycles. The summed E-state index contributed by atoms with van der Waals surface area (Å²) in [6.07, 6.45) is 1.14. The van der Waals surface area contributed by atoms with Gasteiger partial charge in [0.05, 0.1) is 12.7 Å². The molecule has 3 atom stereocenters. The molecule has 10 heteroatoms. The number of aliphatic hydroxyl groups excluding tert-OH is 1. The molecule has 1 aromatic heterocycles. The summed E-state index contributed by atoms with van der Waals surface area (Å²) >= 11 is 0. The summed E-state index contributed by atoms with van der Waals surface area (Å²) in [5, 5.41) is 20.6. The van der Waals surface area contributed by atoms with E-state index in [1.165, 1.54) is 17.1 Å². The van der Waals surface area contributed by atoms with E-state index in [1.54, 1.807) is 6.07 Å². The molecule has 0 spiro atoms. The zero-order valence-electron chi connectivity index (χ0n) is 16.7. The third-order valence-electron chi connectivity index (χ3n) is 5.33. The van der Waals surface area contributed by atoms with Gasteiger partial charge in [-0.1, -0.05) is 42.5 Å². The van der Waals surface area contributed by atoms with Crippen LogP contribution in [0.4, 0.5) is 5.82 Å². The van der Waals surface area contributed by atoms with Crippen molar-refractivity contribution in [2.24, 2.45) is 11.1 Å². The van der Waals surface area contributed by atoms with Crippen molar-refractivity contribution in [1.29, 1.82) is 0 Å². The Bertz CT molecular complexity index is 1150. The fraction of sp³-hybridized carbons (Fsp3) is 0.333. The molecule has 3 aromatic rings. The van der Waals surface area contributed by atoms with Gasteiger partial charge in [0.1, 0.15) is 18.2 Å². The molecule has 1 fully saturated rings. The summed E-state index contributed by atoms with van der Waals surface area (Å²) in [6, 6.07) is 16.1. The predicted molar refractivity (Wildman–Crippen MR) is 116 cm³/mol. The molecule has 31 heavy (non-hydrogen) atoms. The van der Waals surface area contributed by atoms with Crippen molar-refractivity contribution in [3.05, 3.63) is 60.4 Å². The number of nitrogens with zero attached hydrogens (tertiary/aromatic N) is 2. The molecule has 1 aliphatic rings. The highest BCUT2D eigenvalue weighted by atomic mass is 32.2. The van der Waals surface area contributed by atoms with Crippen LogP contribution in [-0.2, 0) is 21.0 Å². The van der Waals surface area contributed by atoms with Gasteiger partial charge in [-0.05, 0) is 22.8 Å². The van der Waals surface area contributed by atoms with E-state index in [2.05, 4.69) is 43.7 Å². The molecule has 1 saturated carbocycles. The first kappa shape index (κ1) is 21.4. The van der Waals surface area contributed by atoms with Gasteiger partial charge in [-0.25, -0.2) is 15.1 Å². The zero-order valence-corrected chi connectivity index (χ0v) is 17.5. The Labute approximate surface area is 180 Å². The first-order valence-electron chi connectivity index (χ1n) is 9.92. The molecule has 0 saturated heterocycles. The number of benzene rings is 2. The van der Waals surface area contributed by atoms with Crippen LogP contribution in [0, 0.1) is 5.92 Å². The lowest BCUT2D eigenvalue weighted by Crippen LogP contribution is -2.24. The van der Waals surface area contributed by atoms with Gasteiger partial charge in [-0.3, -0.25) is 4.18 Å². The van der Waals surface area contributed by atoms with Crippen LogP contribution in [0.15, 0.2) is 54.9 Å². The van der Waals surface area contributed by atoms with E-state index in [0.717, 1.165) is 5.56 Å². The van der Waals surface area contributed by atoms with Gasteiger partial charge < -0.3 is 15.2 Å². The quantitative estimate of drug-likeness (QED) is 0.480. The van der Waals surface area contributed by atoms with Crippen molar-refractivity contribution < 1.29 is 22.4 Å². The summed E-state index contributed by atoms with van der Waals surface area (Å²) in [6.45, 7) is 0.411. The molecule has 0 aliphatic heterocycles. The largest absolute Gasteiger partial charge is 0.474 e. The van der Waals surface area contributed by atoms with Crippen LogP contribution in [-0.4, -0.2) is 42.3 Å².